The molecule has 2 rings (SSSR count). The van der Waals surface area contributed by atoms with Crippen molar-refractivity contribution in [3.8, 4) is 0 Å². The Morgan fingerprint density at radius 1 is 1.24 bits per heavy atom. The number of benzene rings is 1. The minimum absolute atomic E-state index is 0.372. The maximum atomic E-state index is 12.3. The number of aryl methyl sites for hydroxylation is 1. The highest BCUT2D eigenvalue weighted by Crippen LogP contribution is 2.33. The van der Waals surface area contributed by atoms with E-state index in [9.17, 15) is 8.42 Å². The molecule has 4 nitrogen and oxygen atoms in total. The molecule has 1 aromatic rings. The Labute approximate surface area is 128 Å². The predicted octanol–water partition coefficient (Wildman–Crippen LogP) is 2.44. The first-order chi connectivity index (χ1) is 10.1. The fourth-order valence-electron chi connectivity index (χ4n) is 2.56. The third-order valence-corrected chi connectivity index (χ3v) is 5.47. The normalized spacial score (nSPS) is 15.3. The molecule has 1 aromatic carbocycles. The van der Waals surface area contributed by atoms with Crippen LogP contribution in [0, 0.1) is 5.92 Å². The Hall–Kier alpha value is -0.910. The van der Waals surface area contributed by atoms with E-state index in [0.29, 0.717) is 18.0 Å². The fraction of sp³-hybridized carbons (Fsp3) is 0.625. The standard InChI is InChI=1S/C16H26N2O2S/c1-3-14-8-9-16(11-15(14)12-17-2)21(19,20)18-10-4-5-13-6-7-13/h8-9,11,13,17-18H,3-7,10,12H2,1-2H3. The second-order valence-corrected chi connectivity index (χ2v) is 7.56. The summed E-state index contributed by atoms with van der Waals surface area (Å²) >= 11 is 0. The Morgan fingerprint density at radius 2 is 2.00 bits per heavy atom. The molecule has 0 aromatic heterocycles. The molecule has 5 heteroatoms. The molecule has 1 aliphatic carbocycles. The van der Waals surface area contributed by atoms with Gasteiger partial charge >= 0.3 is 0 Å². The lowest BCUT2D eigenvalue weighted by Gasteiger charge is -2.11. The lowest BCUT2D eigenvalue weighted by Crippen LogP contribution is -2.25. The van der Waals surface area contributed by atoms with Crippen LogP contribution in [0.3, 0.4) is 0 Å². The minimum atomic E-state index is -3.38. The van der Waals surface area contributed by atoms with Crippen molar-refractivity contribution in [1.82, 2.24) is 10.0 Å². The molecule has 0 amide bonds. The van der Waals surface area contributed by atoms with Crippen molar-refractivity contribution in [3.63, 3.8) is 0 Å². The molecule has 2 N–H and O–H groups in total. The summed E-state index contributed by atoms with van der Waals surface area (Å²) in [5, 5.41) is 3.09. The van der Waals surface area contributed by atoms with Gasteiger partial charge < -0.3 is 5.32 Å². The van der Waals surface area contributed by atoms with Crippen molar-refractivity contribution >= 4 is 10.0 Å². The number of hydrogen-bond acceptors (Lipinski definition) is 3. The second-order valence-electron chi connectivity index (χ2n) is 5.80. The van der Waals surface area contributed by atoms with Crippen LogP contribution in [0.25, 0.3) is 0 Å². The molecule has 0 aliphatic heterocycles. The number of sulfonamides is 1. The van der Waals surface area contributed by atoms with Gasteiger partial charge in [-0.2, -0.15) is 0 Å². The first kappa shape index (κ1) is 16.5. The van der Waals surface area contributed by atoms with Gasteiger partial charge in [-0.1, -0.05) is 25.8 Å². The number of rotatable bonds is 9. The fourth-order valence-corrected chi connectivity index (χ4v) is 3.68. The molecule has 0 heterocycles. The van der Waals surface area contributed by atoms with Crippen LogP contribution in [0.15, 0.2) is 23.1 Å². The largest absolute Gasteiger partial charge is 0.316 e. The minimum Gasteiger partial charge on any atom is -0.316 e. The van der Waals surface area contributed by atoms with E-state index in [-0.39, 0.29) is 0 Å². The number of nitrogens with one attached hydrogen (secondary N) is 2. The summed E-state index contributed by atoms with van der Waals surface area (Å²) in [7, 11) is -1.51. The van der Waals surface area contributed by atoms with E-state index in [1.165, 1.54) is 18.4 Å². The van der Waals surface area contributed by atoms with E-state index >= 15 is 0 Å². The van der Waals surface area contributed by atoms with Crippen LogP contribution in [-0.4, -0.2) is 22.0 Å². The van der Waals surface area contributed by atoms with Crippen LogP contribution < -0.4 is 10.0 Å². The molecule has 1 fully saturated rings. The molecule has 0 spiro atoms. The van der Waals surface area contributed by atoms with E-state index < -0.39 is 10.0 Å². The highest BCUT2D eigenvalue weighted by Gasteiger charge is 2.21. The van der Waals surface area contributed by atoms with Gasteiger partial charge in [0, 0.05) is 13.1 Å². The van der Waals surface area contributed by atoms with Crippen molar-refractivity contribution < 1.29 is 8.42 Å². The van der Waals surface area contributed by atoms with Crippen molar-refractivity contribution in [2.24, 2.45) is 5.92 Å². The van der Waals surface area contributed by atoms with Crippen LogP contribution >= 0.6 is 0 Å². The van der Waals surface area contributed by atoms with Gasteiger partial charge in [0.25, 0.3) is 0 Å². The molecule has 1 saturated carbocycles. The molecule has 118 valence electrons. The van der Waals surface area contributed by atoms with Gasteiger partial charge in [-0.3, -0.25) is 0 Å². The van der Waals surface area contributed by atoms with Crippen LogP contribution in [0.5, 0.6) is 0 Å². The summed E-state index contributed by atoms with van der Waals surface area (Å²) in [6, 6.07) is 5.42. The van der Waals surface area contributed by atoms with E-state index in [1.807, 2.05) is 13.1 Å². The summed E-state index contributed by atoms with van der Waals surface area (Å²) in [6.45, 7) is 3.31. The van der Waals surface area contributed by atoms with Crippen molar-refractivity contribution in [2.75, 3.05) is 13.6 Å². The van der Waals surface area contributed by atoms with Crippen LogP contribution in [0.4, 0.5) is 0 Å². The molecule has 0 unspecified atom stereocenters. The highest BCUT2D eigenvalue weighted by atomic mass is 32.2. The molecule has 0 radical (unpaired) electrons. The Bertz CT molecular complexity index is 566. The zero-order valence-electron chi connectivity index (χ0n) is 13.0. The van der Waals surface area contributed by atoms with Gasteiger partial charge in [0.15, 0.2) is 0 Å². The van der Waals surface area contributed by atoms with Crippen molar-refractivity contribution in [2.45, 2.75) is 50.5 Å². The zero-order chi connectivity index (χ0) is 15.3. The Balaban J connectivity index is 2.01. The van der Waals surface area contributed by atoms with Crippen LogP contribution in [0.1, 0.15) is 43.7 Å². The molecule has 1 aliphatic rings. The molecule has 0 saturated heterocycles. The van der Waals surface area contributed by atoms with Gasteiger partial charge in [-0.15, -0.1) is 0 Å². The van der Waals surface area contributed by atoms with E-state index in [4.69, 9.17) is 0 Å². The predicted molar refractivity (Wildman–Crippen MR) is 85.7 cm³/mol. The molecular formula is C16H26N2O2S. The van der Waals surface area contributed by atoms with Crippen molar-refractivity contribution in [3.05, 3.63) is 29.3 Å². The molecule has 0 bridgehead atoms. The summed E-state index contributed by atoms with van der Waals surface area (Å²) < 4.78 is 27.4. The van der Waals surface area contributed by atoms with E-state index in [0.717, 1.165) is 30.7 Å². The Morgan fingerprint density at radius 3 is 2.62 bits per heavy atom. The smallest absolute Gasteiger partial charge is 0.240 e. The van der Waals surface area contributed by atoms with Gasteiger partial charge in [0.1, 0.15) is 0 Å². The van der Waals surface area contributed by atoms with Crippen LogP contribution in [0.2, 0.25) is 0 Å². The first-order valence-corrected chi connectivity index (χ1v) is 9.31. The molecule has 0 atom stereocenters. The summed E-state index contributed by atoms with van der Waals surface area (Å²) in [6.07, 6.45) is 5.62. The average Bonchev–Trinajstić information content (AvgIpc) is 3.28. The first-order valence-electron chi connectivity index (χ1n) is 7.83. The summed E-state index contributed by atoms with van der Waals surface area (Å²) in [5.41, 5.74) is 2.25. The third-order valence-electron chi connectivity index (χ3n) is 4.01. The summed E-state index contributed by atoms with van der Waals surface area (Å²) in [4.78, 5) is 0.372. The lowest BCUT2D eigenvalue weighted by atomic mass is 10.1. The topological polar surface area (TPSA) is 58.2 Å². The van der Waals surface area contributed by atoms with Crippen LogP contribution in [-0.2, 0) is 23.0 Å². The number of hydrogen-bond donors (Lipinski definition) is 2. The maximum Gasteiger partial charge on any atom is 0.240 e. The van der Waals surface area contributed by atoms with Gasteiger partial charge in [0.2, 0.25) is 10.0 Å². The Kier molecular flexibility index (Phi) is 5.79. The van der Waals surface area contributed by atoms with Crippen molar-refractivity contribution in [1.29, 1.82) is 0 Å². The van der Waals surface area contributed by atoms with Gasteiger partial charge in [-0.05, 0) is 55.5 Å². The monoisotopic (exact) mass is 310 g/mol. The maximum absolute atomic E-state index is 12.3. The highest BCUT2D eigenvalue weighted by molar-refractivity contribution is 7.89. The third kappa shape index (κ3) is 4.80. The SMILES string of the molecule is CCc1ccc(S(=O)(=O)NCCCC2CC2)cc1CNC. The average molecular weight is 310 g/mol. The van der Waals surface area contributed by atoms with E-state index in [1.54, 1.807) is 12.1 Å². The quantitative estimate of drug-likeness (QED) is 0.689. The second kappa shape index (κ2) is 7.38. The zero-order valence-corrected chi connectivity index (χ0v) is 13.8. The van der Waals surface area contributed by atoms with Gasteiger partial charge in [-0.25, -0.2) is 13.1 Å². The molecule has 21 heavy (non-hydrogen) atoms. The molecular weight excluding hydrogens is 284 g/mol. The van der Waals surface area contributed by atoms with E-state index in [2.05, 4.69) is 17.0 Å². The van der Waals surface area contributed by atoms with Gasteiger partial charge in [0.05, 0.1) is 4.90 Å². The summed E-state index contributed by atoms with van der Waals surface area (Å²) in [5.74, 6) is 0.848. The lowest BCUT2D eigenvalue weighted by molar-refractivity contribution is 0.572.